The molecule has 9 nitrogen and oxygen atoms in total. The molecule has 2 aromatic heterocycles. The minimum Gasteiger partial charge on any atom is -0.390 e. The van der Waals surface area contributed by atoms with Crippen LogP contribution < -0.4 is 16.4 Å². The van der Waals surface area contributed by atoms with Crippen molar-refractivity contribution in [3.05, 3.63) is 48.3 Å². The normalized spacial score (nSPS) is 18.5. The Kier molecular flexibility index (Phi) is 5.99. The standard InChI is InChI=1S/C20H19F4N7O2/c21-13-2-1-10(11-4-28-31(8-11)9-20(22,23)24)3-12(13)14-6-27-18(25)17(29-14)19(33)30-15-5-26-7-16(15)32/h1-4,6,8,15-16,26,32H,5,7,9H2,(H2,25,27)(H,30,33)/t15?,16-/m1/s1. The van der Waals surface area contributed by atoms with Crippen LogP contribution in [0.25, 0.3) is 22.4 Å². The molecule has 0 spiro atoms. The molecule has 0 bridgehead atoms. The number of aromatic nitrogens is 4. The van der Waals surface area contributed by atoms with E-state index in [4.69, 9.17) is 5.73 Å². The monoisotopic (exact) mass is 465 g/mol. The van der Waals surface area contributed by atoms with Crippen LogP contribution in [0, 0.1) is 5.82 Å². The molecule has 1 fully saturated rings. The summed E-state index contributed by atoms with van der Waals surface area (Å²) in [4.78, 5) is 20.7. The van der Waals surface area contributed by atoms with Crippen LogP contribution in [0.5, 0.6) is 0 Å². The predicted octanol–water partition coefficient (Wildman–Crippen LogP) is 1.35. The van der Waals surface area contributed by atoms with Crippen LogP contribution in [0.15, 0.2) is 36.8 Å². The van der Waals surface area contributed by atoms with E-state index < -0.39 is 36.6 Å². The minimum absolute atomic E-state index is 0.00137. The zero-order valence-electron chi connectivity index (χ0n) is 17.0. The van der Waals surface area contributed by atoms with Gasteiger partial charge in [-0.15, -0.1) is 0 Å². The Morgan fingerprint density at radius 3 is 2.76 bits per heavy atom. The predicted molar refractivity (Wildman–Crippen MR) is 109 cm³/mol. The summed E-state index contributed by atoms with van der Waals surface area (Å²) >= 11 is 0. The third-order valence-electron chi connectivity index (χ3n) is 5.06. The summed E-state index contributed by atoms with van der Waals surface area (Å²) in [5.74, 6) is -1.54. The average Bonchev–Trinajstić information content (AvgIpc) is 3.36. The van der Waals surface area contributed by atoms with E-state index in [1.807, 2.05) is 0 Å². The van der Waals surface area contributed by atoms with Gasteiger partial charge in [-0.2, -0.15) is 18.3 Å². The third-order valence-corrected chi connectivity index (χ3v) is 5.06. The van der Waals surface area contributed by atoms with E-state index in [0.717, 1.165) is 10.7 Å². The summed E-state index contributed by atoms with van der Waals surface area (Å²) in [6.07, 6.45) is -1.60. The van der Waals surface area contributed by atoms with Gasteiger partial charge in [-0.1, -0.05) is 6.07 Å². The molecule has 1 unspecified atom stereocenters. The van der Waals surface area contributed by atoms with Crippen molar-refractivity contribution < 1.29 is 27.5 Å². The largest absolute Gasteiger partial charge is 0.408 e. The van der Waals surface area contributed by atoms with Gasteiger partial charge in [0.2, 0.25) is 0 Å². The molecule has 13 heteroatoms. The summed E-state index contributed by atoms with van der Waals surface area (Å²) in [6, 6.07) is 3.34. The summed E-state index contributed by atoms with van der Waals surface area (Å²) in [5, 5.41) is 19.1. The van der Waals surface area contributed by atoms with Crippen molar-refractivity contribution in [3.8, 4) is 22.4 Å². The lowest BCUT2D eigenvalue weighted by Crippen LogP contribution is -2.43. The van der Waals surface area contributed by atoms with Crippen LogP contribution in [0.2, 0.25) is 0 Å². The van der Waals surface area contributed by atoms with Gasteiger partial charge in [0.25, 0.3) is 5.91 Å². The third kappa shape index (κ3) is 5.09. The SMILES string of the molecule is Nc1ncc(-c2cc(-c3cnn(CC(F)(F)F)c3)ccc2F)nc1C(=O)NC1CNC[C@H]1O. The molecule has 1 aromatic carbocycles. The van der Waals surface area contributed by atoms with E-state index in [2.05, 4.69) is 25.7 Å². The first-order valence-electron chi connectivity index (χ1n) is 9.82. The number of nitrogens with two attached hydrogens (primary N) is 1. The number of β-amino-alcohol motifs (C(OH)–C–C–N with tert-alkyl or cyclic N) is 1. The molecule has 0 saturated carbocycles. The van der Waals surface area contributed by atoms with Crippen molar-refractivity contribution in [1.29, 1.82) is 0 Å². The number of hydrogen-bond donors (Lipinski definition) is 4. The van der Waals surface area contributed by atoms with E-state index in [-0.39, 0.29) is 22.8 Å². The summed E-state index contributed by atoms with van der Waals surface area (Å²) < 4.78 is 53.1. The Morgan fingerprint density at radius 1 is 1.27 bits per heavy atom. The molecule has 4 rings (SSSR count). The molecule has 1 amide bonds. The second-order valence-electron chi connectivity index (χ2n) is 7.53. The van der Waals surface area contributed by atoms with E-state index in [1.165, 1.54) is 30.7 Å². The molecule has 1 aliphatic heterocycles. The zero-order chi connectivity index (χ0) is 23.8. The number of rotatable bonds is 5. The maximum absolute atomic E-state index is 14.6. The Hall–Kier alpha value is -3.58. The van der Waals surface area contributed by atoms with Crippen LogP contribution in [0.4, 0.5) is 23.4 Å². The number of halogens is 4. The number of carbonyl (C=O) groups excluding carboxylic acids is 1. The number of nitrogens with zero attached hydrogens (tertiary/aromatic N) is 4. The molecule has 0 radical (unpaired) electrons. The topological polar surface area (TPSA) is 131 Å². The number of anilines is 1. The Labute approximate surface area is 184 Å². The molecular formula is C20H19F4N7O2. The van der Waals surface area contributed by atoms with Crippen LogP contribution in [-0.2, 0) is 6.54 Å². The molecule has 174 valence electrons. The van der Waals surface area contributed by atoms with Gasteiger partial charge in [0.1, 0.15) is 12.4 Å². The second kappa shape index (κ2) is 8.75. The van der Waals surface area contributed by atoms with Crippen LogP contribution in [0.3, 0.4) is 0 Å². The molecule has 3 heterocycles. The van der Waals surface area contributed by atoms with Gasteiger partial charge < -0.3 is 21.5 Å². The second-order valence-corrected chi connectivity index (χ2v) is 7.53. The average molecular weight is 465 g/mol. The molecule has 2 atom stereocenters. The number of nitrogen functional groups attached to an aromatic ring is 1. The molecule has 3 aromatic rings. The van der Waals surface area contributed by atoms with Crippen molar-refractivity contribution in [2.45, 2.75) is 24.9 Å². The number of aliphatic hydroxyl groups is 1. The number of carbonyl (C=O) groups is 1. The van der Waals surface area contributed by atoms with Crippen molar-refractivity contribution in [3.63, 3.8) is 0 Å². The maximum atomic E-state index is 14.6. The number of nitrogens with one attached hydrogen (secondary N) is 2. The summed E-state index contributed by atoms with van der Waals surface area (Å²) in [5.41, 5.74) is 6.24. The number of benzene rings is 1. The molecular weight excluding hydrogens is 446 g/mol. The molecule has 1 saturated heterocycles. The number of aliphatic hydroxyl groups excluding tert-OH is 1. The van der Waals surface area contributed by atoms with Crippen molar-refractivity contribution in [1.82, 2.24) is 30.4 Å². The highest BCUT2D eigenvalue weighted by atomic mass is 19.4. The fraction of sp³-hybridized carbons (Fsp3) is 0.300. The fourth-order valence-corrected chi connectivity index (χ4v) is 3.43. The smallest absolute Gasteiger partial charge is 0.390 e. The van der Waals surface area contributed by atoms with E-state index >= 15 is 0 Å². The van der Waals surface area contributed by atoms with Gasteiger partial charge in [0, 0.05) is 30.4 Å². The van der Waals surface area contributed by atoms with E-state index in [0.29, 0.717) is 24.2 Å². The molecule has 33 heavy (non-hydrogen) atoms. The number of hydrogen-bond acceptors (Lipinski definition) is 7. The highest BCUT2D eigenvalue weighted by Gasteiger charge is 2.29. The Balaban J connectivity index is 1.63. The minimum atomic E-state index is -4.43. The first-order chi connectivity index (χ1) is 15.6. The van der Waals surface area contributed by atoms with Crippen molar-refractivity contribution in [2.75, 3.05) is 18.8 Å². The number of amides is 1. The van der Waals surface area contributed by atoms with Crippen LogP contribution in [0.1, 0.15) is 10.5 Å². The van der Waals surface area contributed by atoms with Gasteiger partial charge >= 0.3 is 6.18 Å². The Morgan fingerprint density at radius 2 is 2.06 bits per heavy atom. The molecule has 0 aliphatic carbocycles. The van der Waals surface area contributed by atoms with Gasteiger partial charge in [0.05, 0.1) is 30.2 Å². The lowest BCUT2D eigenvalue weighted by atomic mass is 10.0. The van der Waals surface area contributed by atoms with Gasteiger partial charge in [0.15, 0.2) is 11.5 Å². The summed E-state index contributed by atoms with van der Waals surface area (Å²) in [6.45, 7) is -0.573. The highest BCUT2D eigenvalue weighted by molar-refractivity contribution is 5.97. The van der Waals surface area contributed by atoms with Gasteiger partial charge in [-0.05, 0) is 17.7 Å². The van der Waals surface area contributed by atoms with Gasteiger partial charge in [-0.3, -0.25) is 9.48 Å². The Bertz CT molecular complexity index is 1180. The van der Waals surface area contributed by atoms with Crippen molar-refractivity contribution >= 4 is 11.7 Å². The molecule has 5 N–H and O–H groups in total. The first-order valence-corrected chi connectivity index (χ1v) is 9.82. The number of alkyl halides is 3. The van der Waals surface area contributed by atoms with E-state index in [1.54, 1.807) is 0 Å². The quantitative estimate of drug-likeness (QED) is 0.419. The molecule has 1 aliphatic rings. The maximum Gasteiger partial charge on any atom is 0.408 e. The fourth-order valence-electron chi connectivity index (χ4n) is 3.43. The van der Waals surface area contributed by atoms with Crippen molar-refractivity contribution in [2.24, 2.45) is 0 Å². The zero-order valence-corrected chi connectivity index (χ0v) is 17.0. The highest BCUT2D eigenvalue weighted by Crippen LogP contribution is 2.29. The van der Waals surface area contributed by atoms with Crippen LogP contribution in [-0.4, -0.2) is 62.2 Å². The lowest BCUT2D eigenvalue weighted by molar-refractivity contribution is -0.142. The van der Waals surface area contributed by atoms with Crippen LogP contribution >= 0.6 is 0 Å². The van der Waals surface area contributed by atoms with E-state index in [9.17, 15) is 27.5 Å². The summed E-state index contributed by atoms with van der Waals surface area (Å²) in [7, 11) is 0. The lowest BCUT2D eigenvalue weighted by Gasteiger charge is -2.16. The van der Waals surface area contributed by atoms with Gasteiger partial charge in [-0.25, -0.2) is 14.4 Å². The first kappa shape index (κ1) is 22.6.